The van der Waals surface area contributed by atoms with E-state index in [4.69, 9.17) is 10.1 Å². The fourth-order valence-electron chi connectivity index (χ4n) is 3.60. The summed E-state index contributed by atoms with van der Waals surface area (Å²) in [7, 11) is 0. The van der Waals surface area contributed by atoms with E-state index in [0.29, 0.717) is 6.42 Å². The first-order chi connectivity index (χ1) is 15.1. The lowest BCUT2D eigenvalue weighted by Gasteiger charge is -2.30. The summed E-state index contributed by atoms with van der Waals surface area (Å²) in [6.07, 6.45) is 4.35. The van der Waals surface area contributed by atoms with Crippen molar-refractivity contribution < 1.29 is 14.7 Å². The van der Waals surface area contributed by atoms with E-state index in [1.54, 1.807) is 0 Å². The van der Waals surface area contributed by atoms with Gasteiger partial charge in [0.25, 0.3) is 0 Å². The molecule has 1 heterocycles. The molecule has 0 amide bonds. The van der Waals surface area contributed by atoms with E-state index in [1.165, 1.54) is 0 Å². The van der Waals surface area contributed by atoms with Gasteiger partial charge in [-0.15, -0.1) is 0 Å². The lowest BCUT2D eigenvalue weighted by Crippen LogP contribution is -2.37. The Morgan fingerprint density at radius 3 is 2.00 bits per heavy atom. The lowest BCUT2D eigenvalue weighted by molar-refractivity contribution is -0.300. The van der Waals surface area contributed by atoms with Gasteiger partial charge in [-0.05, 0) is 19.8 Å². The van der Waals surface area contributed by atoms with Crippen molar-refractivity contribution in [2.24, 2.45) is 10.1 Å². The molecule has 3 rings (SSSR count). The molecular formula is C25H28N3O3-. The van der Waals surface area contributed by atoms with Crippen LogP contribution in [-0.2, 0) is 9.59 Å². The highest BCUT2D eigenvalue weighted by atomic mass is 16.4. The Bertz CT molecular complexity index is 939. The second kappa shape index (κ2) is 11.2. The SMILES string of the molecule is CC1N=C(c2ccccc2)C(c2ccccc2)=NN1CCCCCCCC(=O)C(=O)[O-]. The summed E-state index contributed by atoms with van der Waals surface area (Å²) in [6, 6.07) is 20.3. The summed E-state index contributed by atoms with van der Waals surface area (Å²) in [5, 5.41) is 17.4. The first kappa shape index (κ1) is 22.4. The van der Waals surface area contributed by atoms with Gasteiger partial charge in [-0.1, -0.05) is 79.9 Å². The molecule has 162 valence electrons. The molecule has 0 saturated heterocycles. The molecule has 0 saturated carbocycles. The molecule has 0 N–H and O–H groups in total. The number of Topliss-reactive ketones (excluding diaryl/α,β-unsaturated/α-hetero) is 1. The van der Waals surface area contributed by atoms with Gasteiger partial charge >= 0.3 is 0 Å². The van der Waals surface area contributed by atoms with Crippen LogP contribution in [0.2, 0.25) is 0 Å². The van der Waals surface area contributed by atoms with Crippen LogP contribution < -0.4 is 5.11 Å². The normalized spacial score (nSPS) is 15.9. The Balaban J connectivity index is 1.59. The number of carbonyl (C=O) groups is 2. The van der Waals surface area contributed by atoms with Gasteiger partial charge in [0.1, 0.15) is 17.8 Å². The van der Waals surface area contributed by atoms with Gasteiger partial charge in [0, 0.05) is 24.1 Å². The zero-order valence-electron chi connectivity index (χ0n) is 17.9. The van der Waals surface area contributed by atoms with Crippen molar-refractivity contribution >= 4 is 23.2 Å². The molecule has 0 bridgehead atoms. The number of aliphatic carboxylic acids is 1. The molecule has 1 unspecified atom stereocenters. The second-order valence-corrected chi connectivity index (χ2v) is 7.68. The van der Waals surface area contributed by atoms with Gasteiger partial charge in [-0.3, -0.25) is 14.8 Å². The topological polar surface area (TPSA) is 85.2 Å². The number of carboxylic acids is 1. The van der Waals surface area contributed by atoms with Crippen LogP contribution in [-0.4, -0.2) is 40.9 Å². The Morgan fingerprint density at radius 2 is 1.39 bits per heavy atom. The molecule has 6 nitrogen and oxygen atoms in total. The summed E-state index contributed by atoms with van der Waals surface area (Å²) >= 11 is 0. The Labute approximate surface area is 183 Å². The average Bonchev–Trinajstić information content (AvgIpc) is 2.80. The number of aliphatic imine (C=N–C) groups is 1. The molecule has 1 aliphatic rings. The van der Waals surface area contributed by atoms with E-state index in [-0.39, 0.29) is 12.6 Å². The van der Waals surface area contributed by atoms with E-state index in [0.717, 1.165) is 54.8 Å². The van der Waals surface area contributed by atoms with Gasteiger partial charge in [0.05, 0.1) is 5.71 Å². The third-order valence-electron chi connectivity index (χ3n) is 5.31. The van der Waals surface area contributed by atoms with E-state index in [2.05, 4.69) is 31.2 Å². The highest BCUT2D eigenvalue weighted by Crippen LogP contribution is 2.19. The van der Waals surface area contributed by atoms with Gasteiger partial charge in [0.15, 0.2) is 5.78 Å². The number of benzene rings is 2. The first-order valence-electron chi connectivity index (χ1n) is 10.8. The largest absolute Gasteiger partial charge is 0.542 e. The van der Waals surface area contributed by atoms with Crippen LogP contribution in [0.25, 0.3) is 0 Å². The highest BCUT2D eigenvalue weighted by Gasteiger charge is 2.24. The van der Waals surface area contributed by atoms with E-state index in [1.807, 2.05) is 41.4 Å². The predicted octanol–water partition coefficient (Wildman–Crippen LogP) is 3.20. The van der Waals surface area contributed by atoms with E-state index in [9.17, 15) is 14.7 Å². The fraction of sp³-hybridized carbons (Fsp3) is 0.360. The third-order valence-corrected chi connectivity index (χ3v) is 5.31. The fourth-order valence-corrected chi connectivity index (χ4v) is 3.60. The molecule has 1 atom stereocenters. The lowest BCUT2D eigenvalue weighted by atomic mass is 9.99. The first-order valence-corrected chi connectivity index (χ1v) is 10.8. The molecule has 2 aromatic carbocycles. The molecule has 0 aromatic heterocycles. The minimum atomic E-state index is -1.58. The van der Waals surface area contributed by atoms with Crippen LogP contribution in [0, 0.1) is 0 Å². The second-order valence-electron chi connectivity index (χ2n) is 7.68. The van der Waals surface area contributed by atoms with Crippen LogP contribution in [0.4, 0.5) is 0 Å². The number of carboxylic acid groups (broad SMARTS) is 1. The molecule has 2 aromatic rings. The van der Waals surface area contributed by atoms with Crippen molar-refractivity contribution in [1.82, 2.24) is 5.01 Å². The molecular weight excluding hydrogens is 390 g/mol. The zero-order chi connectivity index (χ0) is 22.1. The van der Waals surface area contributed by atoms with Gasteiger partial charge < -0.3 is 9.90 Å². The minimum Gasteiger partial charge on any atom is -0.542 e. The van der Waals surface area contributed by atoms with Crippen LogP contribution in [0.1, 0.15) is 56.6 Å². The van der Waals surface area contributed by atoms with E-state index >= 15 is 0 Å². The quantitative estimate of drug-likeness (QED) is 0.414. The number of carbonyl (C=O) groups excluding carboxylic acids is 2. The number of rotatable bonds is 11. The van der Waals surface area contributed by atoms with Crippen LogP contribution >= 0.6 is 0 Å². The highest BCUT2D eigenvalue weighted by molar-refractivity contribution is 6.53. The molecule has 31 heavy (non-hydrogen) atoms. The van der Waals surface area contributed by atoms with Gasteiger partial charge in [0.2, 0.25) is 0 Å². The smallest absolute Gasteiger partial charge is 0.178 e. The van der Waals surface area contributed by atoms with Crippen LogP contribution in [0.5, 0.6) is 0 Å². The molecule has 0 fully saturated rings. The maximum Gasteiger partial charge on any atom is 0.178 e. The maximum atomic E-state index is 11.1. The summed E-state index contributed by atoms with van der Waals surface area (Å²) in [6.45, 7) is 2.85. The number of nitrogens with zero attached hydrogens (tertiary/aromatic N) is 3. The maximum absolute atomic E-state index is 11.1. The van der Waals surface area contributed by atoms with Crippen molar-refractivity contribution in [3.05, 3.63) is 71.8 Å². The third kappa shape index (κ3) is 6.35. The minimum absolute atomic E-state index is 0.0524. The molecule has 0 aliphatic carbocycles. The monoisotopic (exact) mass is 418 g/mol. The van der Waals surface area contributed by atoms with Crippen molar-refractivity contribution in [1.29, 1.82) is 0 Å². The van der Waals surface area contributed by atoms with Crippen molar-refractivity contribution in [3.8, 4) is 0 Å². The number of ketones is 1. The van der Waals surface area contributed by atoms with Crippen LogP contribution in [0.3, 0.4) is 0 Å². The number of unbranched alkanes of at least 4 members (excludes halogenated alkanes) is 4. The number of hydrazone groups is 1. The van der Waals surface area contributed by atoms with Crippen molar-refractivity contribution in [2.75, 3.05) is 6.54 Å². The number of hydrogen-bond acceptors (Lipinski definition) is 6. The molecule has 0 spiro atoms. The number of hydrogen-bond donors (Lipinski definition) is 0. The zero-order valence-corrected chi connectivity index (χ0v) is 17.9. The Kier molecular flexibility index (Phi) is 8.10. The summed E-state index contributed by atoms with van der Waals surface area (Å²) in [5.74, 6) is -2.39. The summed E-state index contributed by atoms with van der Waals surface area (Å²) < 4.78 is 0. The molecule has 0 radical (unpaired) electrons. The predicted molar refractivity (Wildman–Crippen MR) is 120 cm³/mol. The Hall–Kier alpha value is -3.28. The van der Waals surface area contributed by atoms with Gasteiger partial charge in [-0.25, -0.2) is 0 Å². The average molecular weight is 419 g/mol. The summed E-state index contributed by atoms with van der Waals surface area (Å²) in [4.78, 5) is 26.4. The summed E-state index contributed by atoms with van der Waals surface area (Å²) in [5.41, 5.74) is 3.89. The molecule has 6 heteroatoms. The van der Waals surface area contributed by atoms with Crippen LogP contribution in [0.15, 0.2) is 70.8 Å². The van der Waals surface area contributed by atoms with Gasteiger partial charge in [-0.2, -0.15) is 5.10 Å². The van der Waals surface area contributed by atoms with E-state index < -0.39 is 11.8 Å². The van der Waals surface area contributed by atoms with Crippen molar-refractivity contribution in [3.63, 3.8) is 0 Å². The van der Waals surface area contributed by atoms with Crippen molar-refractivity contribution in [2.45, 2.75) is 51.6 Å². The standard InChI is InChI=1S/C25H29N3O3/c1-19-26-23(20-13-7-5-8-14-20)24(21-15-9-6-10-16-21)27-28(19)18-12-4-2-3-11-17-22(29)25(30)31/h5-10,13-16,19H,2-4,11-12,17-18H2,1H3,(H,30,31)/p-1. The molecule has 1 aliphatic heterocycles. The Morgan fingerprint density at radius 1 is 0.839 bits per heavy atom.